The van der Waals surface area contributed by atoms with Crippen molar-refractivity contribution < 1.29 is 9.90 Å². The molecule has 0 fully saturated rings. The van der Waals surface area contributed by atoms with Gasteiger partial charge in [0.25, 0.3) is 0 Å². The monoisotopic (exact) mass is 282 g/mol. The zero-order valence-corrected chi connectivity index (χ0v) is 12.1. The number of carboxylic acids is 1. The van der Waals surface area contributed by atoms with Crippen molar-refractivity contribution in [1.29, 1.82) is 0 Å². The maximum atomic E-state index is 10.9. The van der Waals surface area contributed by atoms with E-state index in [9.17, 15) is 4.79 Å². The number of thiazole rings is 2. The number of nitrogens with zero attached hydrogens (tertiary/aromatic N) is 2. The van der Waals surface area contributed by atoms with Crippen LogP contribution in [0, 0.1) is 6.92 Å². The van der Waals surface area contributed by atoms with Gasteiger partial charge in [-0.1, -0.05) is 13.8 Å². The summed E-state index contributed by atoms with van der Waals surface area (Å²) in [5, 5.41) is 12.8. The molecular weight excluding hydrogens is 268 g/mol. The van der Waals surface area contributed by atoms with E-state index in [1.54, 1.807) is 18.3 Å². The molecule has 0 aromatic carbocycles. The maximum Gasteiger partial charge on any atom is 0.347 e. The Bertz CT molecular complexity index is 572. The molecule has 0 spiro atoms. The Balaban J connectivity index is 2.18. The Morgan fingerprint density at radius 3 is 2.61 bits per heavy atom. The first-order valence-corrected chi connectivity index (χ1v) is 7.31. The number of rotatable bonds is 4. The highest BCUT2D eigenvalue weighted by atomic mass is 32.1. The van der Waals surface area contributed by atoms with Crippen molar-refractivity contribution in [3.63, 3.8) is 0 Å². The molecule has 6 heteroatoms. The van der Waals surface area contributed by atoms with Crippen molar-refractivity contribution >= 4 is 28.6 Å². The average Bonchev–Trinajstić information content (AvgIpc) is 2.86. The number of carboxylic acid groups (broad SMARTS) is 1. The van der Waals surface area contributed by atoms with Crippen molar-refractivity contribution in [3.8, 4) is 0 Å². The molecule has 2 aromatic heterocycles. The zero-order valence-electron chi connectivity index (χ0n) is 10.4. The molecule has 2 aromatic rings. The molecular formula is C12H14N2O2S2. The number of aromatic nitrogens is 2. The number of hydrogen-bond donors (Lipinski definition) is 1. The fourth-order valence-electron chi connectivity index (χ4n) is 1.53. The van der Waals surface area contributed by atoms with E-state index in [-0.39, 0.29) is 0 Å². The van der Waals surface area contributed by atoms with Gasteiger partial charge >= 0.3 is 5.97 Å². The summed E-state index contributed by atoms with van der Waals surface area (Å²) in [7, 11) is 0. The summed E-state index contributed by atoms with van der Waals surface area (Å²) in [6.07, 6.45) is 0.621. The van der Waals surface area contributed by atoms with Crippen LogP contribution in [-0.4, -0.2) is 21.0 Å². The lowest BCUT2D eigenvalue weighted by molar-refractivity contribution is 0.0701. The molecule has 0 amide bonds. The van der Waals surface area contributed by atoms with E-state index in [2.05, 4.69) is 29.2 Å². The Labute approximate surface area is 113 Å². The lowest BCUT2D eigenvalue weighted by Crippen LogP contribution is -1.94. The molecule has 2 rings (SSSR count). The predicted molar refractivity (Wildman–Crippen MR) is 72.8 cm³/mol. The van der Waals surface area contributed by atoms with Crippen molar-refractivity contribution in [2.45, 2.75) is 33.1 Å². The van der Waals surface area contributed by atoms with Crippen LogP contribution in [-0.2, 0) is 6.42 Å². The van der Waals surface area contributed by atoms with Gasteiger partial charge in [0, 0.05) is 5.38 Å². The first-order chi connectivity index (χ1) is 8.47. The van der Waals surface area contributed by atoms with Gasteiger partial charge in [0.1, 0.15) is 9.88 Å². The third kappa shape index (κ3) is 2.76. The second-order valence-corrected chi connectivity index (χ2v) is 6.35. The molecule has 0 saturated heterocycles. The van der Waals surface area contributed by atoms with Crippen LogP contribution in [0.4, 0.5) is 0 Å². The lowest BCUT2D eigenvalue weighted by Gasteiger charge is -1.96. The van der Waals surface area contributed by atoms with Crippen LogP contribution >= 0.6 is 22.7 Å². The SMILES string of the molecule is Cc1nc(Cc2nc(C(C)C)cs2)sc1C(=O)O. The Morgan fingerprint density at radius 2 is 2.11 bits per heavy atom. The largest absolute Gasteiger partial charge is 0.477 e. The summed E-state index contributed by atoms with van der Waals surface area (Å²) in [6, 6.07) is 0. The van der Waals surface area contributed by atoms with Crippen LogP contribution in [0.2, 0.25) is 0 Å². The minimum atomic E-state index is -0.904. The molecule has 0 aliphatic rings. The fourth-order valence-corrected chi connectivity index (χ4v) is 3.49. The van der Waals surface area contributed by atoms with Gasteiger partial charge in [-0.25, -0.2) is 14.8 Å². The highest BCUT2D eigenvalue weighted by molar-refractivity contribution is 7.14. The second kappa shape index (κ2) is 5.16. The third-order valence-corrected chi connectivity index (χ3v) is 4.51. The molecule has 1 N–H and O–H groups in total. The van der Waals surface area contributed by atoms with Gasteiger partial charge in [0.2, 0.25) is 0 Å². The highest BCUT2D eigenvalue weighted by Crippen LogP contribution is 2.24. The van der Waals surface area contributed by atoms with E-state index in [1.807, 2.05) is 0 Å². The van der Waals surface area contributed by atoms with E-state index < -0.39 is 5.97 Å². The summed E-state index contributed by atoms with van der Waals surface area (Å²) in [4.78, 5) is 20.1. The van der Waals surface area contributed by atoms with Gasteiger partial charge in [-0.2, -0.15) is 0 Å². The first-order valence-electron chi connectivity index (χ1n) is 5.61. The van der Waals surface area contributed by atoms with Gasteiger partial charge in [-0.3, -0.25) is 0 Å². The quantitative estimate of drug-likeness (QED) is 0.934. The topological polar surface area (TPSA) is 63.1 Å². The lowest BCUT2D eigenvalue weighted by atomic mass is 10.2. The highest BCUT2D eigenvalue weighted by Gasteiger charge is 2.15. The van der Waals surface area contributed by atoms with Gasteiger partial charge in [0.05, 0.1) is 22.8 Å². The summed E-state index contributed by atoms with van der Waals surface area (Å²) in [5.41, 5.74) is 1.67. The smallest absolute Gasteiger partial charge is 0.347 e. The van der Waals surface area contributed by atoms with E-state index in [0.717, 1.165) is 15.7 Å². The van der Waals surface area contributed by atoms with Crippen LogP contribution in [0.5, 0.6) is 0 Å². The van der Waals surface area contributed by atoms with Crippen molar-refractivity contribution in [1.82, 2.24) is 9.97 Å². The maximum absolute atomic E-state index is 10.9. The van der Waals surface area contributed by atoms with Crippen LogP contribution < -0.4 is 0 Å². The minimum Gasteiger partial charge on any atom is -0.477 e. The molecule has 4 nitrogen and oxygen atoms in total. The van der Waals surface area contributed by atoms with Crippen molar-refractivity contribution in [2.75, 3.05) is 0 Å². The number of aromatic carboxylic acids is 1. The Morgan fingerprint density at radius 1 is 1.39 bits per heavy atom. The molecule has 0 aliphatic carbocycles. The van der Waals surface area contributed by atoms with Crippen LogP contribution in [0.3, 0.4) is 0 Å². The molecule has 0 radical (unpaired) electrons. The van der Waals surface area contributed by atoms with E-state index >= 15 is 0 Å². The summed E-state index contributed by atoms with van der Waals surface area (Å²) >= 11 is 2.84. The van der Waals surface area contributed by atoms with Gasteiger partial charge in [-0.15, -0.1) is 22.7 Å². The van der Waals surface area contributed by atoms with Gasteiger partial charge < -0.3 is 5.11 Å². The number of carbonyl (C=O) groups is 1. The van der Waals surface area contributed by atoms with Crippen LogP contribution in [0.15, 0.2) is 5.38 Å². The fraction of sp³-hybridized carbons (Fsp3) is 0.417. The molecule has 0 saturated carbocycles. The molecule has 0 aliphatic heterocycles. The van der Waals surface area contributed by atoms with Crippen LogP contribution in [0.1, 0.15) is 50.8 Å². The summed E-state index contributed by atoms with van der Waals surface area (Å²) < 4.78 is 0. The van der Waals surface area contributed by atoms with Crippen molar-refractivity contribution in [2.24, 2.45) is 0 Å². The number of aryl methyl sites for hydroxylation is 1. The number of hydrogen-bond acceptors (Lipinski definition) is 5. The predicted octanol–water partition coefficient (Wildman–Crippen LogP) is 3.32. The molecule has 0 unspecified atom stereocenters. The molecule has 96 valence electrons. The minimum absolute atomic E-state index is 0.325. The van der Waals surface area contributed by atoms with E-state index in [0.29, 0.717) is 22.9 Å². The summed E-state index contributed by atoms with van der Waals surface area (Å²) in [5.74, 6) is -0.485. The normalized spacial score (nSPS) is 11.1. The standard InChI is InChI=1S/C12H14N2O2S2/c1-6(2)8-5-17-9(14-8)4-10-13-7(3)11(18-10)12(15)16/h5-6H,4H2,1-3H3,(H,15,16). The van der Waals surface area contributed by atoms with Gasteiger partial charge in [0.15, 0.2) is 0 Å². The first kappa shape index (κ1) is 13.2. The Hall–Kier alpha value is -1.27. The molecule has 0 bridgehead atoms. The van der Waals surface area contributed by atoms with Crippen molar-refractivity contribution in [3.05, 3.63) is 31.7 Å². The Kier molecular flexibility index (Phi) is 3.77. The zero-order chi connectivity index (χ0) is 13.3. The molecule has 2 heterocycles. The summed E-state index contributed by atoms with van der Waals surface area (Å²) in [6.45, 7) is 5.94. The average molecular weight is 282 g/mol. The van der Waals surface area contributed by atoms with Gasteiger partial charge in [-0.05, 0) is 12.8 Å². The molecule has 18 heavy (non-hydrogen) atoms. The third-order valence-electron chi connectivity index (χ3n) is 2.50. The second-order valence-electron chi connectivity index (χ2n) is 4.32. The van der Waals surface area contributed by atoms with Crippen LogP contribution in [0.25, 0.3) is 0 Å². The van der Waals surface area contributed by atoms with E-state index in [4.69, 9.17) is 5.11 Å². The molecule has 0 atom stereocenters. The van der Waals surface area contributed by atoms with E-state index in [1.165, 1.54) is 11.3 Å².